The molecule has 1 aliphatic heterocycles. The summed E-state index contributed by atoms with van der Waals surface area (Å²) in [5.74, 6) is -0.502. The predicted octanol–water partition coefficient (Wildman–Crippen LogP) is 1.12. The Balaban J connectivity index is 2.23. The molecule has 1 heterocycles. The van der Waals surface area contributed by atoms with Crippen LogP contribution in [0.2, 0.25) is 6.04 Å². The highest BCUT2D eigenvalue weighted by Gasteiger charge is 2.39. The minimum absolute atomic E-state index is 0.212. The predicted molar refractivity (Wildman–Crippen MR) is 76.6 cm³/mol. The van der Waals surface area contributed by atoms with E-state index in [0.29, 0.717) is 24.8 Å². The van der Waals surface area contributed by atoms with Crippen LogP contribution in [0.1, 0.15) is 13.3 Å². The van der Waals surface area contributed by atoms with E-state index in [-0.39, 0.29) is 12.9 Å². The topological polar surface area (TPSA) is 75.8 Å². The Labute approximate surface area is 126 Å². The van der Waals surface area contributed by atoms with E-state index >= 15 is 0 Å². The molecule has 0 saturated carbocycles. The number of ether oxygens (including phenoxy) is 3. The van der Waals surface area contributed by atoms with Crippen molar-refractivity contribution < 1.29 is 32.3 Å². The van der Waals surface area contributed by atoms with E-state index in [4.69, 9.17) is 27.5 Å². The summed E-state index contributed by atoms with van der Waals surface area (Å²) in [4.78, 5) is 11.3. The highest BCUT2D eigenvalue weighted by molar-refractivity contribution is 6.60. The van der Waals surface area contributed by atoms with E-state index in [0.717, 1.165) is 13.0 Å². The molecule has 1 saturated heterocycles. The van der Waals surface area contributed by atoms with Crippen molar-refractivity contribution >= 4 is 14.8 Å². The molecule has 122 valence electrons. The lowest BCUT2D eigenvalue weighted by molar-refractivity contribution is -0.147. The van der Waals surface area contributed by atoms with Crippen molar-refractivity contribution in [2.45, 2.75) is 25.5 Å². The van der Waals surface area contributed by atoms with Crippen LogP contribution in [0.25, 0.3) is 0 Å². The van der Waals surface area contributed by atoms with Gasteiger partial charge in [-0.15, -0.1) is 0 Å². The molecule has 1 aliphatic rings. The summed E-state index contributed by atoms with van der Waals surface area (Å²) < 4.78 is 31.7. The monoisotopic (exact) mass is 320 g/mol. The van der Waals surface area contributed by atoms with Crippen LogP contribution in [0.4, 0.5) is 0 Å². The van der Waals surface area contributed by atoms with Gasteiger partial charge in [0.05, 0.1) is 13.2 Å². The molecule has 0 amide bonds. The van der Waals surface area contributed by atoms with Crippen molar-refractivity contribution in [1.82, 2.24) is 0 Å². The Morgan fingerprint density at radius 2 is 2.05 bits per heavy atom. The number of hydrogen-bond donors (Lipinski definition) is 0. The highest BCUT2D eigenvalue weighted by Crippen LogP contribution is 2.17. The first-order chi connectivity index (χ1) is 10.0. The van der Waals surface area contributed by atoms with Crippen LogP contribution in [-0.4, -0.2) is 61.7 Å². The molecule has 0 aliphatic carbocycles. The van der Waals surface area contributed by atoms with E-state index in [9.17, 15) is 4.79 Å². The molecular weight excluding hydrogens is 296 g/mol. The normalized spacial score (nSPS) is 17.6. The fraction of sp³-hybridized carbons (Fsp3) is 0.769. The lowest BCUT2D eigenvalue weighted by Gasteiger charge is -2.26. The van der Waals surface area contributed by atoms with Gasteiger partial charge in [-0.25, -0.2) is 4.79 Å². The van der Waals surface area contributed by atoms with Crippen molar-refractivity contribution in [3.8, 4) is 0 Å². The van der Waals surface area contributed by atoms with Gasteiger partial charge in [-0.1, -0.05) is 6.58 Å². The third kappa shape index (κ3) is 7.16. The number of hydrogen-bond acceptors (Lipinski definition) is 7. The summed E-state index contributed by atoms with van der Waals surface area (Å²) in [7, 11) is 0.221. The van der Waals surface area contributed by atoms with Crippen molar-refractivity contribution in [2.75, 3.05) is 40.8 Å². The molecule has 8 heteroatoms. The Hall–Kier alpha value is -0.773. The van der Waals surface area contributed by atoms with Gasteiger partial charge in [-0.05, 0) is 13.3 Å². The number of rotatable bonds is 12. The van der Waals surface area contributed by atoms with Gasteiger partial charge < -0.3 is 27.5 Å². The first kappa shape index (κ1) is 18.3. The minimum atomic E-state index is -2.82. The second kappa shape index (κ2) is 9.29. The molecule has 0 bridgehead atoms. The second-order valence-electron chi connectivity index (χ2n) is 4.70. The zero-order valence-corrected chi connectivity index (χ0v) is 13.9. The molecule has 0 spiro atoms. The third-order valence-corrected chi connectivity index (χ3v) is 5.68. The van der Waals surface area contributed by atoms with Crippen LogP contribution in [0, 0.1) is 0 Å². The number of carbonyl (C=O) groups is 1. The number of esters is 1. The Morgan fingerprint density at radius 1 is 1.38 bits per heavy atom. The average molecular weight is 320 g/mol. The van der Waals surface area contributed by atoms with E-state index in [1.54, 1.807) is 6.92 Å². The van der Waals surface area contributed by atoms with Gasteiger partial charge in [0, 0.05) is 32.4 Å². The molecular formula is C13H24O7Si. The first-order valence-corrected chi connectivity index (χ1v) is 8.72. The molecule has 0 aromatic rings. The maximum absolute atomic E-state index is 11.3. The van der Waals surface area contributed by atoms with Gasteiger partial charge in [-0.3, -0.25) is 0 Å². The summed E-state index contributed by atoms with van der Waals surface area (Å²) in [5.41, 5.74) is 0.316. The number of epoxide rings is 1. The molecule has 7 nitrogen and oxygen atoms in total. The average Bonchev–Trinajstić information content (AvgIpc) is 3.29. The van der Waals surface area contributed by atoms with Crippen LogP contribution in [0.5, 0.6) is 0 Å². The summed E-state index contributed by atoms with van der Waals surface area (Å²) >= 11 is 0. The lowest BCUT2D eigenvalue weighted by Crippen LogP contribution is -2.44. The molecule has 0 N–H and O–H groups in total. The van der Waals surface area contributed by atoms with Gasteiger partial charge in [0.25, 0.3) is 0 Å². The molecule has 1 atom stereocenters. The molecule has 0 aromatic heterocycles. The van der Waals surface area contributed by atoms with Gasteiger partial charge in [0.15, 0.2) is 6.79 Å². The molecule has 0 radical (unpaired) electrons. The fourth-order valence-corrected chi connectivity index (χ4v) is 3.31. The zero-order valence-electron chi connectivity index (χ0n) is 12.9. The van der Waals surface area contributed by atoms with Gasteiger partial charge in [0.1, 0.15) is 6.10 Å². The molecule has 1 unspecified atom stereocenters. The van der Waals surface area contributed by atoms with Crippen molar-refractivity contribution in [1.29, 1.82) is 0 Å². The maximum Gasteiger partial charge on any atom is 0.503 e. The largest absolute Gasteiger partial charge is 0.503 e. The molecule has 0 aromatic carbocycles. The van der Waals surface area contributed by atoms with E-state index < -0.39 is 14.8 Å². The van der Waals surface area contributed by atoms with Crippen LogP contribution in [-0.2, 0) is 32.3 Å². The molecule has 21 heavy (non-hydrogen) atoms. The first-order valence-electron chi connectivity index (χ1n) is 6.79. The third-order valence-electron chi connectivity index (χ3n) is 2.92. The van der Waals surface area contributed by atoms with Crippen molar-refractivity contribution in [3.05, 3.63) is 12.2 Å². The summed E-state index contributed by atoms with van der Waals surface area (Å²) in [6.07, 6.45) is 0.990. The van der Waals surface area contributed by atoms with Crippen LogP contribution in [0.15, 0.2) is 12.2 Å². The minimum Gasteiger partial charge on any atom is -0.436 e. The summed E-state index contributed by atoms with van der Waals surface area (Å²) in [5, 5.41) is 0. The maximum atomic E-state index is 11.3. The standard InChI is InChI=1S/C13H24O7Si/c1-11(2)13(14)19-10-20-21(15-3,16-4)7-5-6-17-8-12-9-18-12/h12H,1,5-10H2,2-4H3. The van der Waals surface area contributed by atoms with Crippen molar-refractivity contribution in [2.24, 2.45) is 0 Å². The fourth-order valence-electron chi connectivity index (χ4n) is 1.54. The second-order valence-corrected chi connectivity index (χ2v) is 7.67. The molecule has 1 rings (SSSR count). The van der Waals surface area contributed by atoms with Gasteiger partial charge in [-0.2, -0.15) is 0 Å². The Morgan fingerprint density at radius 3 is 2.57 bits per heavy atom. The highest BCUT2D eigenvalue weighted by atomic mass is 28.4. The smallest absolute Gasteiger partial charge is 0.436 e. The quantitative estimate of drug-likeness (QED) is 0.133. The van der Waals surface area contributed by atoms with Crippen LogP contribution in [0.3, 0.4) is 0 Å². The van der Waals surface area contributed by atoms with Gasteiger partial charge in [0.2, 0.25) is 0 Å². The SMILES string of the molecule is C=C(C)C(=O)OCO[Si](CCCOCC1CO1)(OC)OC. The van der Waals surface area contributed by atoms with Crippen molar-refractivity contribution in [3.63, 3.8) is 0 Å². The van der Waals surface area contributed by atoms with Crippen LogP contribution >= 0.6 is 0 Å². The number of carbonyl (C=O) groups excluding carboxylic acids is 1. The van der Waals surface area contributed by atoms with Crippen LogP contribution < -0.4 is 0 Å². The van der Waals surface area contributed by atoms with E-state index in [2.05, 4.69) is 6.58 Å². The lowest BCUT2D eigenvalue weighted by atomic mass is 10.4. The molecule has 1 fully saturated rings. The Kier molecular flexibility index (Phi) is 8.08. The van der Waals surface area contributed by atoms with Gasteiger partial charge >= 0.3 is 14.8 Å². The summed E-state index contributed by atoms with van der Waals surface area (Å²) in [6, 6.07) is 0.580. The van der Waals surface area contributed by atoms with E-state index in [1.807, 2.05) is 0 Å². The zero-order chi connectivity index (χ0) is 15.7. The van der Waals surface area contributed by atoms with E-state index in [1.165, 1.54) is 14.2 Å². The summed E-state index contributed by atoms with van der Waals surface area (Å²) in [6.45, 7) is 6.83. The Bertz CT molecular complexity index is 339.